The summed E-state index contributed by atoms with van der Waals surface area (Å²) in [6.45, 7) is 4.05. The van der Waals surface area contributed by atoms with Crippen LogP contribution in [-0.4, -0.2) is 60.3 Å². The molecule has 5 aromatic rings. The Morgan fingerprint density at radius 3 is 2.72 bits per heavy atom. The summed E-state index contributed by atoms with van der Waals surface area (Å²) in [6.07, 6.45) is 2.40. The van der Waals surface area contributed by atoms with E-state index in [0.29, 0.717) is 11.7 Å². The summed E-state index contributed by atoms with van der Waals surface area (Å²) < 4.78 is 0. The Morgan fingerprint density at radius 2 is 1.91 bits per heavy atom. The lowest BCUT2D eigenvalue weighted by atomic mass is 9.97. The van der Waals surface area contributed by atoms with Crippen molar-refractivity contribution in [2.24, 2.45) is 11.7 Å². The Morgan fingerprint density at radius 1 is 1.00 bits per heavy atom. The van der Waals surface area contributed by atoms with Gasteiger partial charge in [-0.3, -0.25) is 10.00 Å². The number of nitrogens with zero attached hydrogens (tertiary/aromatic N) is 5. The molecule has 6 rings (SSSR count). The minimum Gasteiger partial charge on any atom is -0.353 e. The quantitative estimate of drug-likeness (QED) is 0.341. The maximum atomic E-state index is 5.83. The van der Waals surface area contributed by atoms with Crippen molar-refractivity contribution >= 4 is 21.8 Å². The van der Waals surface area contributed by atoms with Gasteiger partial charge in [0.2, 0.25) is 5.82 Å². The lowest BCUT2D eigenvalue weighted by Crippen LogP contribution is -2.35. The van der Waals surface area contributed by atoms with Crippen molar-refractivity contribution in [2.45, 2.75) is 19.4 Å². The molecule has 0 bridgehead atoms. The van der Waals surface area contributed by atoms with E-state index in [-0.39, 0.29) is 0 Å². The highest BCUT2D eigenvalue weighted by Gasteiger charge is 2.18. The zero-order chi connectivity index (χ0) is 21.5. The van der Waals surface area contributed by atoms with Gasteiger partial charge >= 0.3 is 0 Å². The lowest BCUT2D eigenvalue weighted by molar-refractivity contribution is 0.180. The summed E-state index contributed by atoms with van der Waals surface area (Å²) in [4.78, 5) is 6.06. The Hall–Kier alpha value is -3.56. The average molecular weight is 428 g/mol. The van der Waals surface area contributed by atoms with Gasteiger partial charge in [0.25, 0.3) is 0 Å². The number of likely N-dealkylation sites (tertiary alicyclic amines) is 1. The molecule has 2 aromatic carbocycles. The second kappa shape index (κ2) is 7.85. The predicted octanol–water partition coefficient (Wildman–Crippen LogP) is 3.06. The van der Waals surface area contributed by atoms with Crippen molar-refractivity contribution in [2.75, 3.05) is 19.6 Å². The van der Waals surface area contributed by atoms with Crippen molar-refractivity contribution in [3.05, 3.63) is 48.0 Å². The van der Waals surface area contributed by atoms with Gasteiger partial charge in [-0.1, -0.05) is 12.1 Å². The van der Waals surface area contributed by atoms with Crippen LogP contribution in [0.5, 0.6) is 0 Å². The number of aromatic nitrogens is 7. The van der Waals surface area contributed by atoms with Gasteiger partial charge in [0, 0.05) is 28.4 Å². The van der Waals surface area contributed by atoms with Gasteiger partial charge in [-0.05, 0) is 79.5 Å². The zero-order valence-electron chi connectivity index (χ0n) is 17.7. The molecule has 0 aliphatic carbocycles. The van der Waals surface area contributed by atoms with Crippen molar-refractivity contribution in [3.63, 3.8) is 0 Å². The number of hydrogen-bond donors (Lipinski definition) is 4. The molecule has 162 valence electrons. The number of nitrogens with two attached hydrogens (primary N) is 1. The van der Waals surface area contributed by atoms with E-state index in [2.05, 4.69) is 65.0 Å². The van der Waals surface area contributed by atoms with Crippen LogP contribution in [0, 0.1) is 5.92 Å². The molecule has 1 aliphatic heterocycles. The fraction of sp³-hybridized carbons (Fsp3) is 0.304. The summed E-state index contributed by atoms with van der Waals surface area (Å²) in [7, 11) is 0. The first-order chi connectivity index (χ1) is 15.8. The van der Waals surface area contributed by atoms with Crippen molar-refractivity contribution < 1.29 is 0 Å². The van der Waals surface area contributed by atoms with E-state index in [1.807, 2.05) is 18.2 Å². The molecule has 1 saturated heterocycles. The average Bonchev–Trinajstić information content (AvgIpc) is 3.57. The number of rotatable bonds is 5. The third-order valence-electron chi connectivity index (χ3n) is 6.55. The van der Waals surface area contributed by atoms with Crippen LogP contribution in [0.15, 0.2) is 42.5 Å². The van der Waals surface area contributed by atoms with Crippen LogP contribution in [-0.2, 0) is 6.54 Å². The monoisotopic (exact) mass is 427 g/mol. The molecule has 9 heteroatoms. The van der Waals surface area contributed by atoms with Crippen molar-refractivity contribution in [1.82, 2.24) is 40.7 Å². The Kier molecular flexibility index (Phi) is 4.70. The number of tetrazole rings is 1. The highest BCUT2D eigenvalue weighted by atomic mass is 15.5. The summed E-state index contributed by atoms with van der Waals surface area (Å²) in [5, 5.41) is 24.2. The van der Waals surface area contributed by atoms with Crippen LogP contribution in [0.4, 0.5) is 0 Å². The van der Waals surface area contributed by atoms with E-state index in [0.717, 1.165) is 59.5 Å². The van der Waals surface area contributed by atoms with Crippen LogP contribution in [0.1, 0.15) is 18.4 Å². The first-order valence-corrected chi connectivity index (χ1v) is 11.0. The maximum Gasteiger partial charge on any atom is 0.204 e. The molecule has 32 heavy (non-hydrogen) atoms. The van der Waals surface area contributed by atoms with Crippen molar-refractivity contribution in [1.29, 1.82) is 0 Å². The fourth-order valence-electron chi connectivity index (χ4n) is 4.69. The molecule has 9 nitrogen and oxygen atoms in total. The van der Waals surface area contributed by atoms with E-state index in [4.69, 9.17) is 5.73 Å². The van der Waals surface area contributed by atoms with Crippen LogP contribution >= 0.6 is 0 Å². The molecule has 0 spiro atoms. The standard InChI is InChI=1S/C23H25N9/c24-12-14-5-7-32(8-6-14)13-15-1-4-19-17(9-15)11-21(25-19)22-18-3-2-16(10-20(18)26-27-22)23-28-30-31-29-23/h1-4,9-11,14,25H,5-8,12-13,24H2,(H,26,27)(H,28,29,30,31). The fourth-order valence-corrected chi connectivity index (χ4v) is 4.69. The molecule has 0 radical (unpaired) electrons. The third-order valence-corrected chi connectivity index (χ3v) is 6.55. The Balaban J connectivity index is 1.26. The smallest absolute Gasteiger partial charge is 0.204 e. The second-order valence-corrected chi connectivity index (χ2v) is 8.63. The first kappa shape index (κ1) is 19.1. The molecule has 0 unspecified atom stereocenters. The molecule has 4 heterocycles. The number of piperidine rings is 1. The van der Waals surface area contributed by atoms with Crippen LogP contribution in [0.2, 0.25) is 0 Å². The van der Waals surface area contributed by atoms with Gasteiger partial charge in [-0.15, -0.1) is 10.2 Å². The molecular weight excluding hydrogens is 402 g/mol. The largest absolute Gasteiger partial charge is 0.353 e. The number of aromatic amines is 3. The SMILES string of the molecule is NCC1CCN(Cc2ccc3[nH]c(-c4n[nH]c5cc(-c6nn[nH]n6)ccc45)cc3c2)CC1. The normalized spacial score (nSPS) is 15.8. The van der Waals surface area contributed by atoms with Gasteiger partial charge < -0.3 is 10.7 Å². The summed E-state index contributed by atoms with van der Waals surface area (Å²) in [5.74, 6) is 1.25. The molecule has 1 fully saturated rings. The zero-order valence-corrected chi connectivity index (χ0v) is 17.7. The number of nitrogens with one attached hydrogen (secondary N) is 3. The highest BCUT2D eigenvalue weighted by molar-refractivity contribution is 5.97. The van der Waals surface area contributed by atoms with Crippen LogP contribution < -0.4 is 5.73 Å². The molecule has 1 aliphatic rings. The van der Waals surface area contributed by atoms with Gasteiger partial charge in [0.15, 0.2) is 0 Å². The summed E-state index contributed by atoms with van der Waals surface area (Å²) in [6, 6.07) is 14.9. The van der Waals surface area contributed by atoms with Crippen LogP contribution in [0.3, 0.4) is 0 Å². The Labute approximate surface area is 184 Å². The Bertz CT molecular complexity index is 1360. The van der Waals surface area contributed by atoms with E-state index in [9.17, 15) is 0 Å². The van der Waals surface area contributed by atoms with E-state index >= 15 is 0 Å². The third kappa shape index (κ3) is 3.45. The molecular formula is C23H25N9. The minimum absolute atomic E-state index is 0.563. The highest BCUT2D eigenvalue weighted by Crippen LogP contribution is 2.31. The van der Waals surface area contributed by atoms with Gasteiger partial charge in [0.1, 0.15) is 5.69 Å². The van der Waals surface area contributed by atoms with E-state index in [1.54, 1.807) is 0 Å². The van der Waals surface area contributed by atoms with Gasteiger partial charge in [0.05, 0.1) is 11.2 Å². The second-order valence-electron chi connectivity index (χ2n) is 8.63. The maximum absolute atomic E-state index is 5.83. The number of hydrogen-bond acceptors (Lipinski definition) is 6. The first-order valence-electron chi connectivity index (χ1n) is 11.0. The van der Waals surface area contributed by atoms with Crippen molar-refractivity contribution in [3.8, 4) is 22.8 Å². The molecule has 0 saturated carbocycles. The lowest BCUT2D eigenvalue weighted by Gasteiger charge is -2.31. The molecule has 0 amide bonds. The van der Waals surface area contributed by atoms with Gasteiger partial charge in [-0.25, -0.2) is 0 Å². The molecule has 0 atom stereocenters. The number of benzene rings is 2. The van der Waals surface area contributed by atoms with E-state index in [1.165, 1.54) is 23.8 Å². The van der Waals surface area contributed by atoms with E-state index < -0.39 is 0 Å². The topological polar surface area (TPSA) is 128 Å². The van der Waals surface area contributed by atoms with Gasteiger partial charge in [-0.2, -0.15) is 10.3 Å². The predicted molar refractivity (Wildman–Crippen MR) is 124 cm³/mol. The summed E-state index contributed by atoms with van der Waals surface area (Å²) >= 11 is 0. The number of fused-ring (bicyclic) bond motifs is 2. The molecule has 5 N–H and O–H groups in total. The number of H-pyrrole nitrogens is 3. The summed E-state index contributed by atoms with van der Waals surface area (Å²) in [5.41, 5.74) is 12.0. The molecule has 3 aromatic heterocycles. The van der Waals surface area contributed by atoms with Crippen LogP contribution in [0.25, 0.3) is 44.6 Å². The minimum atomic E-state index is 0.563.